The lowest BCUT2D eigenvalue weighted by Crippen LogP contribution is -2.29. The molecule has 2 atom stereocenters. The molecule has 1 aliphatic carbocycles. The van der Waals surface area contributed by atoms with Gasteiger partial charge in [-0.1, -0.05) is 26.0 Å². The lowest BCUT2D eigenvalue weighted by atomic mass is 9.80. The van der Waals surface area contributed by atoms with E-state index in [0.717, 1.165) is 25.3 Å². The first kappa shape index (κ1) is 13.0. The molecule has 1 heterocycles. The number of hydrogen-bond acceptors (Lipinski definition) is 2. The molecular weight excluding hydrogens is 234 g/mol. The van der Waals surface area contributed by atoms with Crippen LogP contribution in [-0.4, -0.2) is 19.2 Å². The van der Waals surface area contributed by atoms with Crippen LogP contribution < -0.4 is 10.1 Å². The average molecular weight is 259 g/mol. The summed E-state index contributed by atoms with van der Waals surface area (Å²) in [6, 6.07) is 7.56. The van der Waals surface area contributed by atoms with Crippen molar-refractivity contribution < 1.29 is 4.74 Å². The molecule has 0 radical (unpaired) electrons. The molecule has 1 saturated carbocycles. The molecule has 0 spiro atoms. The van der Waals surface area contributed by atoms with E-state index in [0.29, 0.717) is 11.5 Å². The van der Waals surface area contributed by atoms with Crippen LogP contribution in [0.3, 0.4) is 0 Å². The third kappa shape index (κ3) is 2.51. The molecule has 2 heteroatoms. The van der Waals surface area contributed by atoms with Crippen molar-refractivity contribution in [3.8, 4) is 5.75 Å². The molecule has 2 aliphatic rings. The lowest BCUT2D eigenvalue weighted by Gasteiger charge is -2.25. The number of nitrogens with one attached hydrogen (secondary N) is 1. The van der Waals surface area contributed by atoms with E-state index in [2.05, 4.69) is 37.4 Å². The van der Waals surface area contributed by atoms with Crippen molar-refractivity contribution in [3.05, 3.63) is 29.3 Å². The Hall–Kier alpha value is -1.02. The normalized spacial score (nSPS) is 29.3. The minimum Gasteiger partial charge on any atom is -0.493 e. The smallest absolute Gasteiger partial charge is 0.122 e. The maximum atomic E-state index is 5.61. The highest BCUT2D eigenvalue weighted by atomic mass is 16.5. The van der Waals surface area contributed by atoms with Gasteiger partial charge in [-0.3, -0.25) is 0 Å². The molecular formula is C17H25NO. The highest BCUT2D eigenvalue weighted by molar-refractivity contribution is 5.42. The van der Waals surface area contributed by atoms with E-state index in [4.69, 9.17) is 4.74 Å². The van der Waals surface area contributed by atoms with Crippen molar-refractivity contribution in [2.24, 2.45) is 0 Å². The van der Waals surface area contributed by atoms with Gasteiger partial charge in [-0.2, -0.15) is 0 Å². The van der Waals surface area contributed by atoms with Crippen LogP contribution in [0.5, 0.6) is 5.75 Å². The Bertz CT molecular complexity index is 457. The number of rotatable bonds is 4. The van der Waals surface area contributed by atoms with Gasteiger partial charge in [-0.25, -0.2) is 0 Å². The molecule has 1 fully saturated rings. The predicted octanol–water partition coefficient (Wildman–Crippen LogP) is 3.43. The van der Waals surface area contributed by atoms with Gasteiger partial charge in [0.25, 0.3) is 0 Å². The molecule has 19 heavy (non-hydrogen) atoms. The van der Waals surface area contributed by atoms with Crippen molar-refractivity contribution in [1.82, 2.24) is 5.32 Å². The molecule has 0 amide bonds. The minimum atomic E-state index is 0.350. The summed E-state index contributed by atoms with van der Waals surface area (Å²) in [5, 5.41) is 3.68. The Morgan fingerprint density at radius 1 is 1.42 bits per heavy atom. The zero-order valence-electron chi connectivity index (χ0n) is 12.2. The molecule has 1 aromatic carbocycles. The van der Waals surface area contributed by atoms with Crippen LogP contribution in [0.4, 0.5) is 0 Å². The van der Waals surface area contributed by atoms with Crippen LogP contribution in [0.2, 0.25) is 0 Å². The summed E-state index contributed by atoms with van der Waals surface area (Å²) in [6.45, 7) is 6.68. The van der Waals surface area contributed by atoms with Crippen LogP contribution >= 0.6 is 0 Å². The van der Waals surface area contributed by atoms with Crippen LogP contribution in [0, 0.1) is 0 Å². The molecule has 3 rings (SSSR count). The van der Waals surface area contributed by atoms with E-state index in [1.54, 1.807) is 0 Å². The van der Waals surface area contributed by atoms with Crippen molar-refractivity contribution in [1.29, 1.82) is 0 Å². The van der Waals surface area contributed by atoms with Gasteiger partial charge in [0.1, 0.15) is 5.75 Å². The number of benzene rings is 1. The topological polar surface area (TPSA) is 21.3 Å². The van der Waals surface area contributed by atoms with Crippen LogP contribution in [-0.2, 0) is 11.8 Å². The van der Waals surface area contributed by atoms with E-state index in [1.165, 1.54) is 36.8 Å². The maximum Gasteiger partial charge on any atom is 0.122 e. The molecule has 2 nitrogen and oxygen atoms in total. The molecule has 2 unspecified atom stereocenters. The Kier molecular flexibility index (Phi) is 3.53. The lowest BCUT2D eigenvalue weighted by molar-refractivity contribution is 0.356. The summed E-state index contributed by atoms with van der Waals surface area (Å²) < 4.78 is 5.61. The van der Waals surface area contributed by atoms with Gasteiger partial charge in [-0.05, 0) is 54.8 Å². The van der Waals surface area contributed by atoms with Crippen LogP contribution in [0.15, 0.2) is 18.2 Å². The quantitative estimate of drug-likeness (QED) is 0.894. The second-order valence-electron chi connectivity index (χ2n) is 6.38. The highest BCUT2D eigenvalue weighted by Crippen LogP contribution is 2.42. The van der Waals surface area contributed by atoms with E-state index in [1.807, 2.05) is 0 Å². The third-order valence-electron chi connectivity index (χ3n) is 4.81. The van der Waals surface area contributed by atoms with Crippen molar-refractivity contribution in [2.75, 3.05) is 13.2 Å². The van der Waals surface area contributed by atoms with Gasteiger partial charge >= 0.3 is 0 Å². The van der Waals surface area contributed by atoms with Gasteiger partial charge in [0.05, 0.1) is 6.61 Å². The Morgan fingerprint density at radius 3 is 3.16 bits per heavy atom. The first-order chi connectivity index (χ1) is 9.21. The van der Waals surface area contributed by atoms with Crippen LogP contribution in [0.1, 0.15) is 50.7 Å². The summed E-state index contributed by atoms with van der Waals surface area (Å²) in [7, 11) is 0. The standard InChI is InChI=1S/C17H25NO/c1-3-9-18-15-6-8-17(2,12-15)14-4-5-16-13(11-14)7-10-19-16/h4-5,11,15,18H,3,6-10,12H2,1-2H3. The minimum absolute atomic E-state index is 0.350. The molecule has 0 saturated heterocycles. The first-order valence-corrected chi connectivity index (χ1v) is 7.71. The summed E-state index contributed by atoms with van der Waals surface area (Å²) in [5.74, 6) is 1.10. The second kappa shape index (κ2) is 5.16. The fourth-order valence-electron chi connectivity index (χ4n) is 3.59. The van der Waals surface area contributed by atoms with E-state index < -0.39 is 0 Å². The molecule has 0 bridgehead atoms. The monoisotopic (exact) mass is 259 g/mol. The van der Waals surface area contributed by atoms with Gasteiger partial charge < -0.3 is 10.1 Å². The molecule has 1 N–H and O–H groups in total. The van der Waals surface area contributed by atoms with Crippen molar-refractivity contribution >= 4 is 0 Å². The van der Waals surface area contributed by atoms with E-state index >= 15 is 0 Å². The highest BCUT2D eigenvalue weighted by Gasteiger charge is 2.36. The average Bonchev–Trinajstić information content (AvgIpc) is 3.02. The maximum absolute atomic E-state index is 5.61. The Morgan fingerprint density at radius 2 is 2.32 bits per heavy atom. The van der Waals surface area contributed by atoms with Gasteiger partial charge in [0.2, 0.25) is 0 Å². The summed E-state index contributed by atoms with van der Waals surface area (Å²) in [6.07, 6.45) is 6.19. The summed E-state index contributed by atoms with van der Waals surface area (Å²) in [5.41, 5.74) is 3.27. The Balaban J connectivity index is 1.74. The predicted molar refractivity (Wildman–Crippen MR) is 78.9 cm³/mol. The molecule has 104 valence electrons. The number of fused-ring (bicyclic) bond motifs is 1. The fourth-order valence-corrected chi connectivity index (χ4v) is 3.59. The third-order valence-corrected chi connectivity index (χ3v) is 4.81. The van der Waals surface area contributed by atoms with Gasteiger partial charge in [0, 0.05) is 12.5 Å². The number of hydrogen-bond donors (Lipinski definition) is 1. The first-order valence-electron chi connectivity index (χ1n) is 7.71. The van der Waals surface area contributed by atoms with E-state index in [-0.39, 0.29) is 0 Å². The Labute approximate surface area is 116 Å². The molecule has 1 aliphatic heterocycles. The second-order valence-corrected chi connectivity index (χ2v) is 6.38. The zero-order valence-corrected chi connectivity index (χ0v) is 12.2. The largest absolute Gasteiger partial charge is 0.493 e. The van der Waals surface area contributed by atoms with Gasteiger partial charge in [-0.15, -0.1) is 0 Å². The van der Waals surface area contributed by atoms with Gasteiger partial charge in [0.15, 0.2) is 0 Å². The summed E-state index contributed by atoms with van der Waals surface area (Å²) >= 11 is 0. The molecule has 0 aromatic heterocycles. The van der Waals surface area contributed by atoms with Crippen molar-refractivity contribution in [3.63, 3.8) is 0 Å². The number of ether oxygens (including phenoxy) is 1. The van der Waals surface area contributed by atoms with Crippen molar-refractivity contribution in [2.45, 2.75) is 57.4 Å². The SMILES string of the molecule is CCCNC1CCC(C)(c2ccc3c(c2)CCO3)C1. The van der Waals surface area contributed by atoms with E-state index in [9.17, 15) is 0 Å². The zero-order chi connectivity index (χ0) is 13.3. The fraction of sp³-hybridized carbons (Fsp3) is 0.647. The van der Waals surface area contributed by atoms with Crippen LogP contribution in [0.25, 0.3) is 0 Å². The molecule has 1 aromatic rings. The summed E-state index contributed by atoms with van der Waals surface area (Å²) in [4.78, 5) is 0.